The molecule has 1 N–H and O–H groups in total. The Labute approximate surface area is 67.5 Å². The lowest BCUT2D eigenvalue weighted by Crippen LogP contribution is -2.23. The van der Waals surface area contributed by atoms with E-state index in [4.69, 9.17) is 9.47 Å². The molecule has 6 heteroatoms. The lowest BCUT2D eigenvalue weighted by Gasteiger charge is -2.19. The highest BCUT2D eigenvalue weighted by molar-refractivity contribution is 4.86. The minimum absolute atomic E-state index is 0.301. The molecule has 1 aliphatic heterocycles. The quantitative estimate of drug-likeness (QED) is 0.615. The van der Waals surface area contributed by atoms with E-state index >= 15 is 0 Å². The van der Waals surface area contributed by atoms with Gasteiger partial charge < -0.3 is 9.47 Å². The van der Waals surface area contributed by atoms with E-state index in [1.165, 1.54) is 0 Å². The summed E-state index contributed by atoms with van der Waals surface area (Å²) in [7, 11) is 0. The van der Waals surface area contributed by atoms with E-state index in [9.17, 15) is 4.79 Å². The van der Waals surface area contributed by atoms with Crippen LogP contribution in [0.1, 0.15) is 11.9 Å². The van der Waals surface area contributed by atoms with Crippen LogP contribution in [-0.4, -0.2) is 30.0 Å². The van der Waals surface area contributed by atoms with Gasteiger partial charge in [-0.25, -0.2) is 4.79 Å². The van der Waals surface area contributed by atoms with Gasteiger partial charge in [0.1, 0.15) is 6.10 Å². The fourth-order valence-electron chi connectivity index (χ4n) is 1.03. The van der Waals surface area contributed by atoms with Crippen LogP contribution >= 0.6 is 0 Å². The highest BCUT2D eigenvalue weighted by Crippen LogP contribution is 2.14. The molecule has 0 saturated carbocycles. The summed E-state index contributed by atoms with van der Waals surface area (Å²) in [5.74, 6) is -0.182. The molecule has 0 bridgehead atoms. The van der Waals surface area contributed by atoms with Gasteiger partial charge in [0.05, 0.1) is 19.8 Å². The summed E-state index contributed by atoms with van der Waals surface area (Å²) in [6.07, 6.45) is -0.301. The second kappa shape index (κ2) is 3.08. The number of ether oxygens (including phenoxy) is 2. The first-order chi connectivity index (χ1) is 5.86. The van der Waals surface area contributed by atoms with E-state index < -0.39 is 5.76 Å². The van der Waals surface area contributed by atoms with Gasteiger partial charge in [-0.2, -0.15) is 0 Å². The zero-order chi connectivity index (χ0) is 8.39. The number of H-pyrrole nitrogens is 1. The average Bonchev–Trinajstić information content (AvgIpc) is 2.54. The second-order valence-corrected chi connectivity index (χ2v) is 2.41. The van der Waals surface area contributed by atoms with Crippen LogP contribution in [0.3, 0.4) is 0 Å². The molecular formula is C6H8N2O4. The molecule has 0 aliphatic carbocycles. The summed E-state index contributed by atoms with van der Waals surface area (Å²) in [4.78, 5) is 13.0. The number of nitrogens with one attached hydrogen (secondary N) is 1. The van der Waals surface area contributed by atoms with Crippen molar-refractivity contribution in [2.24, 2.45) is 0 Å². The Morgan fingerprint density at radius 2 is 2.42 bits per heavy atom. The maximum absolute atomic E-state index is 10.6. The predicted octanol–water partition coefficient (Wildman–Crippen LogP) is -0.549. The number of rotatable bonds is 1. The molecule has 66 valence electrons. The van der Waals surface area contributed by atoms with Crippen LogP contribution in [0, 0.1) is 0 Å². The van der Waals surface area contributed by atoms with Gasteiger partial charge in [-0.3, -0.25) is 9.51 Å². The van der Waals surface area contributed by atoms with Gasteiger partial charge in [0.15, 0.2) is 5.82 Å². The molecule has 6 nitrogen and oxygen atoms in total. The molecule has 1 saturated heterocycles. The largest absolute Gasteiger partial charge is 0.438 e. The van der Waals surface area contributed by atoms with Crippen molar-refractivity contribution < 1.29 is 14.0 Å². The van der Waals surface area contributed by atoms with E-state index in [0.29, 0.717) is 25.6 Å². The van der Waals surface area contributed by atoms with E-state index in [0.717, 1.165) is 0 Å². The molecule has 0 radical (unpaired) electrons. The van der Waals surface area contributed by atoms with Crippen molar-refractivity contribution in [3.8, 4) is 0 Å². The average molecular weight is 172 g/mol. The third kappa shape index (κ3) is 1.39. The van der Waals surface area contributed by atoms with Gasteiger partial charge in [-0.1, -0.05) is 5.16 Å². The fraction of sp³-hybridized carbons (Fsp3) is 0.667. The molecule has 1 aromatic heterocycles. The number of hydrogen-bond acceptors (Lipinski definition) is 5. The first-order valence-electron chi connectivity index (χ1n) is 3.61. The molecule has 2 rings (SSSR count). The lowest BCUT2D eigenvalue weighted by molar-refractivity contribution is -0.0941. The molecule has 12 heavy (non-hydrogen) atoms. The highest BCUT2D eigenvalue weighted by atomic mass is 16.6. The maximum atomic E-state index is 10.6. The Bertz CT molecular complexity index is 298. The minimum Gasteiger partial charge on any atom is -0.376 e. The number of aromatic amines is 1. The van der Waals surface area contributed by atoms with Crippen LogP contribution in [-0.2, 0) is 9.47 Å². The van der Waals surface area contributed by atoms with Crippen LogP contribution in [0.5, 0.6) is 0 Å². The van der Waals surface area contributed by atoms with E-state index in [2.05, 4.69) is 14.7 Å². The standard InChI is InChI=1S/C6H8N2O4/c9-6-7-5(8-12-6)4-3-10-1-2-11-4/h4H,1-3H2,(H,7,8,9). The maximum Gasteiger partial charge on any atom is 0.438 e. The van der Waals surface area contributed by atoms with Crippen molar-refractivity contribution in [2.75, 3.05) is 19.8 Å². The van der Waals surface area contributed by atoms with Gasteiger partial charge in [0, 0.05) is 0 Å². The van der Waals surface area contributed by atoms with Crippen molar-refractivity contribution in [1.29, 1.82) is 0 Å². The monoisotopic (exact) mass is 172 g/mol. The SMILES string of the molecule is O=c1[nH]c(C2COCCO2)no1. The number of nitrogens with zero attached hydrogens (tertiary/aromatic N) is 1. The van der Waals surface area contributed by atoms with Crippen molar-refractivity contribution >= 4 is 0 Å². The lowest BCUT2D eigenvalue weighted by atomic mass is 10.3. The summed E-state index contributed by atoms with van der Waals surface area (Å²) >= 11 is 0. The van der Waals surface area contributed by atoms with Gasteiger partial charge in [0.2, 0.25) is 0 Å². The summed E-state index contributed by atoms with van der Waals surface area (Å²) in [5.41, 5.74) is 0. The molecule has 0 spiro atoms. The minimum atomic E-state index is -0.570. The van der Waals surface area contributed by atoms with Gasteiger partial charge in [0.25, 0.3) is 0 Å². The Balaban J connectivity index is 2.13. The Morgan fingerprint density at radius 1 is 1.50 bits per heavy atom. The van der Waals surface area contributed by atoms with Crippen molar-refractivity contribution in [1.82, 2.24) is 10.1 Å². The Morgan fingerprint density at radius 3 is 3.00 bits per heavy atom. The van der Waals surface area contributed by atoms with Crippen molar-refractivity contribution in [2.45, 2.75) is 6.10 Å². The normalized spacial score (nSPS) is 24.2. The molecule has 1 unspecified atom stereocenters. The zero-order valence-electron chi connectivity index (χ0n) is 6.28. The van der Waals surface area contributed by atoms with Crippen molar-refractivity contribution in [3.63, 3.8) is 0 Å². The topological polar surface area (TPSA) is 77.4 Å². The molecule has 2 heterocycles. The van der Waals surface area contributed by atoms with Gasteiger partial charge in [-0.05, 0) is 0 Å². The summed E-state index contributed by atoms with van der Waals surface area (Å²) in [6, 6.07) is 0. The third-order valence-electron chi connectivity index (χ3n) is 1.58. The van der Waals surface area contributed by atoms with Crippen LogP contribution < -0.4 is 5.76 Å². The highest BCUT2D eigenvalue weighted by Gasteiger charge is 2.20. The molecule has 0 amide bonds. The Kier molecular flexibility index (Phi) is 1.92. The first kappa shape index (κ1) is 7.51. The second-order valence-electron chi connectivity index (χ2n) is 2.41. The summed E-state index contributed by atoms with van der Waals surface area (Å²) < 4.78 is 14.7. The van der Waals surface area contributed by atoms with Crippen molar-refractivity contribution in [3.05, 3.63) is 16.4 Å². The van der Waals surface area contributed by atoms with Gasteiger partial charge >= 0.3 is 5.76 Å². The van der Waals surface area contributed by atoms with Crippen LogP contribution in [0.25, 0.3) is 0 Å². The van der Waals surface area contributed by atoms with Crippen LogP contribution in [0.15, 0.2) is 9.32 Å². The summed E-state index contributed by atoms with van der Waals surface area (Å²) in [6.45, 7) is 1.50. The third-order valence-corrected chi connectivity index (χ3v) is 1.58. The molecule has 1 fully saturated rings. The molecule has 0 aromatic carbocycles. The smallest absolute Gasteiger partial charge is 0.376 e. The molecule has 1 atom stereocenters. The number of hydrogen-bond donors (Lipinski definition) is 1. The van der Waals surface area contributed by atoms with E-state index in [1.807, 2.05) is 0 Å². The number of aromatic nitrogens is 2. The summed E-state index contributed by atoms with van der Waals surface area (Å²) in [5, 5.41) is 3.49. The van der Waals surface area contributed by atoms with Crippen LogP contribution in [0.4, 0.5) is 0 Å². The molecule has 1 aliphatic rings. The zero-order valence-corrected chi connectivity index (χ0v) is 6.28. The fourth-order valence-corrected chi connectivity index (χ4v) is 1.03. The van der Waals surface area contributed by atoms with Gasteiger partial charge in [-0.15, -0.1) is 0 Å². The van der Waals surface area contributed by atoms with E-state index in [1.54, 1.807) is 0 Å². The Hall–Kier alpha value is -1.14. The molecular weight excluding hydrogens is 164 g/mol. The first-order valence-corrected chi connectivity index (χ1v) is 3.61. The molecule has 1 aromatic rings. The van der Waals surface area contributed by atoms with Crippen LogP contribution in [0.2, 0.25) is 0 Å². The predicted molar refractivity (Wildman–Crippen MR) is 36.6 cm³/mol. The van der Waals surface area contributed by atoms with E-state index in [-0.39, 0.29) is 6.10 Å².